The third kappa shape index (κ3) is 2.51. The molecule has 110 valence electrons. The number of aromatic nitrogens is 2. The molecule has 2 aromatic rings. The zero-order valence-electron chi connectivity index (χ0n) is 12.6. The second kappa shape index (κ2) is 5.60. The Labute approximate surface area is 124 Å². The van der Waals surface area contributed by atoms with Crippen LogP contribution in [0.1, 0.15) is 17.7 Å². The molecule has 0 radical (unpaired) electrons. The van der Waals surface area contributed by atoms with Gasteiger partial charge >= 0.3 is 0 Å². The fraction of sp³-hybridized carbons (Fsp3) is 0.375. The summed E-state index contributed by atoms with van der Waals surface area (Å²) in [5.41, 5.74) is 3.29. The van der Waals surface area contributed by atoms with Gasteiger partial charge in [0.1, 0.15) is 17.3 Å². The molecule has 0 amide bonds. The SMILES string of the molecule is CNc1nc(-c2cc(OC)cc(OC)c2)nc2c1CCC2. The van der Waals surface area contributed by atoms with Crippen molar-refractivity contribution in [3.05, 3.63) is 29.5 Å². The molecule has 0 aliphatic heterocycles. The molecule has 21 heavy (non-hydrogen) atoms. The Kier molecular flexibility index (Phi) is 3.64. The molecule has 1 aliphatic rings. The first-order chi connectivity index (χ1) is 10.2. The van der Waals surface area contributed by atoms with Gasteiger partial charge in [0.05, 0.1) is 14.2 Å². The van der Waals surface area contributed by atoms with Crippen molar-refractivity contribution in [2.24, 2.45) is 0 Å². The lowest BCUT2D eigenvalue weighted by Crippen LogP contribution is -2.03. The lowest BCUT2D eigenvalue weighted by atomic mass is 10.1. The predicted molar refractivity (Wildman–Crippen MR) is 82.1 cm³/mol. The van der Waals surface area contributed by atoms with Crippen molar-refractivity contribution in [2.75, 3.05) is 26.6 Å². The van der Waals surface area contributed by atoms with Gasteiger partial charge in [0, 0.05) is 29.9 Å². The molecule has 1 N–H and O–H groups in total. The molecule has 1 aliphatic carbocycles. The van der Waals surface area contributed by atoms with Crippen molar-refractivity contribution in [3.8, 4) is 22.9 Å². The highest BCUT2D eigenvalue weighted by Gasteiger charge is 2.19. The summed E-state index contributed by atoms with van der Waals surface area (Å²) in [6.07, 6.45) is 3.21. The average Bonchev–Trinajstić information content (AvgIpc) is 3.01. The highest BCUT2D eigenvalue weighted by molar-refractivity contribution is 5.64. The summed E-state index contributed by atoms with van der Waals surface area (Å²) < 4.78 is 10.6. The Morgan fingerprint density at radius 1 is 1.00 bits per heavy atom. The molecule has 0 saturated carbocycles. The van der Waals surface area contributed by atoms with E-state index in [0.717, 1.165) is 47.8 Å². The Balaban J connectivity index is 2.12. The van der Waals surface area contributed by atoms with Crippen molar-refractivity contribution in [1.82, 2.24) is 9.97 Å². The van der Waals surface area contributed by atoms with E-state index in [4.69, 9.17) is 14.5 Å². The maximum atomic E-state index is 5.32. The zero-order chi connectivity index (χ0) is 14.8. The molecule has 1 heterocycles. The van der Waals surface area contributed by atoms with Gasteiger partial charge in [-0.25, -0.2) is 9.97 Å². The topological polar surface area (TPSA) is 56.3 Å². The van der Waals surface area contributed by atoms with Gasteiger partial charge in [0.15, 0.2) is 5.82 Å². The van der Waals surface area contributed by atoms with Crippen LogP contribution in [0.2, 0.25) is 0 Å². The van der Waals surface area contributed by atoms with Crippen LogP contribution in [-0.2, 0) is 12.8 Å². The molecule has 0 bridgehead atoms. The Morgan fingerprint density at radius 3 is 2.33 bits per heavy atom. The number of rotatable bonds is 4. The normalized spacial score (nSPS) is 12.9. The summed E-state index contributed by atoms with van der Waals surface area (Å²) in [6, 6.07) is 5.70. The maximum absolute atomic E-state index is 5.32. The molecule has 0 fully saturated rings. The number of ether oxygens (including phenoxy) is 2. The summed E-state index contributed by atoms with van der Waals surface area (Å²) in [7, 11) is 5.18. The van der Waals surface area contributed by atoms with E-state index >= 15 is 0 Å². The van der Waals surface area contributed by atoms with Gasteiger partial charge in [-0.15, -0.1) is 0 Å². The van der Waals surface area contributed by atoms with Crippen LogP contribution < -0.4 is 14.8 Å². The molecule has 0 atom stereocenters. The first-order valence-electron chi connectivity index (χ1n) is 7.06. The van der Waals surface area contributed by atoms with Gasteiger partial charge in [-0.05, 0) is 31.4 Å². The van der Waals surface area contributed by atoms with Gasteiger partial charge in [-0.3, -0.25) is 0 Å². The predicted octanol–water partition coefficient (Wildman–Crippen LogP) is 2.69. The highest BCUT2D eigenvalue weighted by atomic mass is 16.5. The fourth-order valence-electron chi connectivity index (χ4n) is 2.70. The number of anilines is 1. The van der Waals surface area contributed by atoms with Crippen LogP contribution in [0.25, 0.3) is 11.4 Å². The summed E-state index contributed by atoms with van der Waals surface area (Å²) >= 11 is 0. The van der Waals surface area contributed by atoms with Crippen LogP contribution in [0.5, 0.6) is 11.5 Å². The van der Waals surface area contributed by atoms with E-state index in [-0.39, 0.29) is 0 Å². The lowest BCUT2D eigenvalue weighted by molar-refractivity contribution is 0.394. The molecular weight excluding hydrogens is 266 g/mol. The largest absolute Gasteiger partial charge is 0.497 e. The molecule has 0 spiro atoms. The number of hydrogen-bond acceptors (Lipinski definition) is 5. The van der Waals surface area contributed by atoms with Crippen LogP contribution in [-0.4, -0.2) is 31.2 Å². The summed E-state index contributed by atoms with van der Waals surface area (Å²) in [5.74, 6) is 3.10. The molecule has 1 aromatic carbocycles. The average molecular weight is 285 g/mol. The van der Waals surface area contributed by atoms with Crippen molar-refractivity contribution < 1.29 is 9.47 Å². The molecule has 0 unspecified atom stereocenters. The molecule has 5 nitrogen and oxygen atoms in total. The molecule has 5 heteroatoms. The lowest BCUT2D eigenvalue weighted by Gasteiger charge is -2.11. The minimum Gasteiger partial charge on any atom is -0.497 e. The van der Waals surface area contributed by atoms with Crippen LogP contribution in [0.4, 0.5) is 5.82 Å². The van der Waals surface area contributed by atoms with E-state index in [1.807, 2.05) is 25.2 Å². The third-order valence-electron chi connectivity index (χ3n) is 3.78. The van der Waals surface area contributed by atoms with Gasteiger partial charge < -0.3 is 14.8 Å². The Morgan fingerprint density at radius 2 is 1.71 bits per heavy atom. The number of aryl methyl sites for hydroxylation is 1. The number of fused-ring (bicyclic) bond motifs is 1. The van der Waals surface area contributed by atoms with Crippen LogP contribution in [0.15, 0.2) is 18.2 Å². The monoisotopic (exact) mass is 285 g/mol. The zero-order valence-corrected chi connectivity index (χ0v) is 12.6. The third-order valence-corrected chi connectivity index (χ3v) is 3.78. The number of hydrogen-bond donors (Lipinski definition) is 1. The van der Waals surface area contributed by atoms with Crippen molar-refractivity contribution in [2.45, 2.75) is 19.3 Å². The van der Waals surface area contributed by atoms with Gasteiger partial charge in [0.2, 0.25) is 0 Å². The van der Waals surface area contributed by atoms with E-state index in [1.54, 1.807) is 14.2 Å². The Hall–Kier alpha value is -2.30. The van der Waals surface area contributed by atoms with Crippen LogP contribution in [0, 0.1) is 0 Å². The number of benzene rings is 1. The summed E-state index contributed by atoms with van der Waals surface area (Å²) in [5, 5.41) is 3.18. The van der Waals surface area contributed by atoms with E-state index < -0.39 is 0 Å². The first-order valence-corrected chi connectivity index (χ1v) is 7.06. The molecule has 3 rings (SSSR count). The van der Waals surface area contributed by atoms with E-state index in [1.165, 1.54) is 5.56 Å². The maximum Gasteiger partial charge on any atom is 0.162 e. The standard InChI is InChI=1S/C16H19N3O2/c1-17-16-13-5-4-6-14(13)18-15(19-16)10-7-11(20-2)9-12(8-10)21-3/h7-9H,4-6H2,1-3H3,(H,17,18,19). The van der Waals surface area contributed by atoms with Gasteiger partial charge in [-0.2, -0.15) is 0 Å². The number of nitrogens with one attached hydrogen (secondary N) is 1. The molecule has 1 aromatic heterocycles. The quantitative estimate of drug-likeness (QED) is 0.936. The van der Waals surface area contributed by atoms with E-state index in [0.29, 0.717) is 5.82 Å². The van der Waals surface area contributed by atoms with E-state index in [9.17, 15) is 0 Å². The smallest absolute Gasteiger partial charge is 0.162 e. The highest BCUT2D eigenvalue weighted by Crippen LogP contribution is 2.32. The molecular formula is C16H19N3O2. The van der Waals surface area contributed by atoms with Gasteiger partial charge in [0.25, 0.3) is 0 Å². The Bertz CT molecular complexity index is 649. The minimum atomic E-state index is 0.706. The molecule has 0 saturated heterocycles. The van der Waals surface area contributed by atoms with Crippen LogP contribution >= 0.6 is 0 Å². The van der Waals surface area contributed by atoms with Gasteiger partial charge in [-0.1, -0.05) is 0 Å². The summed E-state index contributed by atoms with van der Waals surface area (Å²) in [6.45, 7) is 0. The minimum absolute atomic E-state index is 0.706. The van der Waals surface area contributed by atoms with E-state index in [2.05, 4.69) is 10.3 Å². The first kappa shape index (κ1) is 13.7. The van der Waals surface area contributed by atoms with Crippen molar-refractivity contribution in [3.63, 3.8) is 0 Å². The van der Waals surface area contributed by atoms with Crippen molar-refractivity contribution >= 4 is 5.82 Å². The fourth-order valence-corrected chi connectivity index (χ4v) is 2.70. The summed E-state index contributed by atoms with van der Waals surface area (Å²) in [4.78, 5) is 9.37. The second-order valence-corrected chi connectivity index (χ2v) is 5.03. The second-order valence-electron chi connectivity index (χ2n) is 5.03. The number of nitrogens with zero attached hydrogens (tertiary/aromatic N) is 2. The number of methoxy groups -OCH3 is 2. The van der Waals surface area contributed by atoms with Crippen LogP contribution in [0.3, 0.4) is 0 Å². The van der Waals surface area contributed by atoms with Crippen molar-refractivity contribution in [1.29, 1.82) is 0 Å².